The fourth-order valence-electron chi connectivity index (χ4n) is 1.16. The minimum Gasteiger partial charge on any atom is -0.478 e. The third kappa shape index (κ3) is 2.12. The molecular formula is C9H7F2N3O2. The molecule has 7 heteroatoms. The minimum absolute atomic E-state index is 0.129. The first-order valence-corrected chi connectivity index (χ1v) is 4.16. The lowest BCUT2D eigenvalue weighted by Gasteiger charge is -2.07. The fraction of sp³-hybridized carbons (Fsp3) is 0.222. The van der Waals surface area contributed by atoms with Crippen molar-refractivity contribution in [3.8, 4) is 6.07 Å². The van der Waals surface area contributed by atoms with Crippen LogP contribution in [0.3, 0.4) is 0 Å². The van der Waals surface area contributed by atoms with E-state index in [2.05, 4.69) is 4.98 Å². The van der Waals surface area contributed by atoms with E-state index in [1.807, 2.05) is 0 Å². The SMILES string of the molecule is N#Cc1nc(C(F)F)c(C(=O)O)cc1CN. The van der Waals surface area contributed by atoms with E-state index in [1.165, 1.54) is 0 Å². The van der Waals surface area contributed by atoms with Gasteiger partial charge in [0.15, 0.2) is 0 Å². The molecule has 0 bridgehead atoms. The summed E-state index contributed by atoms with van der Waals surface area (Å²) in [5, 5.41) is 17.3. The maximum atomic E-state index is 12.5. The van der Waals surface area contributed by atoms with Gasteiger partial charge in [-0.15, -0.1) is 0 Å². The van der Waals surface area contributed by atoms with E-state index in [-0.39, 0.29) is 17.8 Å². The molecule has 0 unspecified atom stereocenters. The van der Waals surface area contributed by atoms with Crippen LogP contribution in [0.15, 0.2) is 6.07 Å². The van der Waals surface area contributed by atoms with E-state index in [1.54, 1.807) is 6.07 Å². The standard InChI is InChI=1S/C9H7F2N3O2/c10-8(11)7-5(9(15)16)1-4(2-12)6(3-13)14-7/h1,8H,2,12H2,(H,15,16). The number of aromatic nitrogens is 1. The van der Waals surface area contributed by atoms with Crippen LogP contribution in [0, 0.1) is 11.3 Å². The third-order valence-electron chi connectivity index (χ3n) is 1.89. The van der Waals surface area contributed by atoms with Crippen LogP contribution >= 0.6 is 0 Å². The zero-order valence-corrected chi connectivity index (χ0v) is 7.94. The fourth-order valence-corrected chi connectivity index (χ4v) is 1.16. The summed E-state index contributed by atoms with van der Waals surface area (Å²) in [4.78, 5) is 14.0. The topological polar surface area (TPSA) is 100 Å². The molecule has 0 saturated carbocycles. The second kappa shape index (κ2) is 4.63. The summed E-state index contributed by atoms with van der Waals surface area (Å²) in [5.41, 5.74) is 3.56. The molecule has 1 heterocycles. The average molecular weight is 227 g/mol. The van der Waals surface area contributed by atoms with Gasteiger partial charge in [-0.3, -0.25) is 0 Å². The smallest absolute Gasteiger partial charge is 0.337 e. The number of nitrogens with zero attached hydrogens (tertiary/aromatic N) is 2. The van der Waals surface area contributed by atoms with E-state index < -0.39 is 23.7 Å². The Morgan fingerprint density at radius 1 is 1.69 bits per heavy atom. The largest absolute Gasteiger partial charge is 0.478 e. The van der Waals surface area contributed by atoms with Gasteiger partial charge < -0.3 is 10.8 Å². The highest BCUT2D eigenvalue weighted by Gasteiger charge is 2.22. The molecule has 0 aliphatic carbocycles. The van der Waals surface area contributed by atoms with Gasteiger partial charge >= 0.3 is 5.97 Å². The Kier molecular flexibility index (Phi) is 3.48. The van der Waals surface area contributed by atoms with Crippen molar-refractivity contribution in [1.82, 2.24) is 4.98 Å². The number of rotatable bonds is 3. The van der Waals surface area contributed by atoms with Crippen LogP contribution in [0.25, 0.3) is 0 Å². The lowest BCUT2D eigenvalue weighted by atomic mass is 10.1. The van der Waals surface area contributed by atoms with Gasteiger partial charge in [0.25, 0.3) is 6.43 Å². The normalized spacial score (nSPS) is 10.2. The summed E-state index contributed by atoms with van der Waals surface area (Å²) in [6, 6.07) is 2.54. The van der Waals surface area contributed by atoms with Gasteiger partial charge in [-0.05, 0) is 6.07 Å². The van der Waals surface area contributed by atoms with Crippen LogP contribution in [-0.4, -0.2) is 16.1 Å². The van der Waals surface area contributed by atoms with Crippen LogP contribution < -0.4 is 5.73 Å². The molecule has 5 nitrogen and oxygen atoms in total. The molecule has 0 radical (unpaired) electrons. The number of hydrogen-bond acceptors (Lipinski definition) is 4. The molecule has 84 valence electrons. The highest BCUT2D eigenvalue weighted by atomic mass is 19.3. The Morgan fingerprint density at radius 2 is 2.31 bits per heavy atom. The van der Waals surface area contributed by atoms with E-state index in [0.717, 1.165) is 6.07 Å². The number of nitriles is 1. The van der Waals surface area contributed by atoms with Crippen molar-refractivity contribution < 1.29 is 18.7 Å². The first kappa shape index (κ1) is 12.0. The minimum atomic E-state index is -3.05. The predicted octanol–water partition coefficient (Wildman–Crippen LogP) is 1.05. The monoisotopic (exact) mass is 227 g/mol. The summed E-state index contributed by atoms with van der Waals surface area (Å²) in [6.45, 7) is -0.139. The van der Waals surface area contributed by atoms with Crippen molar-refractivity contribution in [2.45, 2.75) is 13.0 Å². The van der Waals surface area contributed by atoms with E-state index in [0.29, 0.717) is 0 Å². The first-order valence-electron chi connectivity index (χ1n) is 4.16. The van der Waals surface area contributed by atoms with Crippen LogP contribution in [0.5, 0.6) is 0 Å². The molecule has 0 aliphatic rings. The summed E-state index contributed by atoms with van der Waals surface area (Å²) < 4.78 is 24.9. The van der Waals surface area contributed by atoms with E-state index in [9.17, 15) is 13.6 Å². The third-order valence-corrected chi connectivity index (χ3v) is 1.89. The summed E-state index contributed by atoms with van der Waals surface area (Å²) >= 11 is 0. The van der Waals surface area contributed by atoms with Crippen molar-refractivity contribution in [2.75, 3.05) is 0 Å². The van der Waals surface area contributed by atoms with Crippen molar-refractivity contribution >= 4 is 5.97 Å². The van der Waals surface area contributed by atoms with Crippen LogP contribution in [-0.2, 0) is 6.54 Å². The van der Waals surface area contributed by atoms with Gasteiger partial charge in [0.1, 0.15) is 17.5 Å². The van der Waals surface area contributed by atoms with Gasteiger partial charge in [0.05, 0.1) is 5.56 Å². The number of pyridine rings is 1. The number of alkyl halides is 2. The van der Waals surface area contributed by atoms with E-state index >= 15 is 0 Å². The molecule has 3 N–H and O–H groups in total. The van der Waals surface area contributed by atoms with Crippen molar-refractivity contribution in [3.05, 3.63) is 28.6 Å². The Balaban J connectivity index is 3.49. The van der Waals surface area contributed by atoms with Crippen molar-refractivity contribution in [3.63, 3.8) is 0 Å². The lowest BCUT2D eigenvalue weighted by molar-refractivity contribution is 0.0682. The molecule has 0 aromatic carbocycles. The highest BCUT2D eigenvalue weighted by Crippen LogP contribution is 2.23. The zero-order chi connectivity index (χ0) is 12.3. The molecule has 1 rings (SSSR count). The molecule has 1 aromatic heterocycles. The Hall–Kier alpha value is -2.07. The van der Waals surface area contributed by atoms with E-state index in [4.69, 9.17) is 16.1 Å². The summed E-state index contributed by atoms with van der Waals surface area (Å²) in [6.07, 6.45) is -3.05. The van der Waals surface area contributed by atoms with Crippen molar-refractivity contribution in [1.29, 1.82) is 5.26 Å². The van der Waals surface area contributed by atoms with Crippen LogP contribution in [0.1, 0.15) is 33.7 Å². The molecule has 0 aliphatic heterocycles. The van der Waals surface area contributed by atoms with Gasteiger partial charge in [0, 0.05) is 12.1 Å². The molecule has 0 atom stereocenters. The number of aromatic carboxylic acids is 1. The Morgan fingerprint density at radius 3 is 2.69 bits per heavy atom. The quantitative estimate of drug-likeness (QED) is 0.803. The number of carboxylic acid groups (broad SMARTS) is 1. The maximum absolute atomic E-state index is 12.5. The number of hydrogen-bond donors (Lipinski definition) is 2. The molecular weight excluding hydrogens is 220 g/mol. The van der Waals surface area contributed by atoms with Crippen molar-refractivity contribution in [2.24, 2.45) is 5.73 Å². The lowest BCUT2D eigenvalue weighted by Crippen LogP contribution is -2.11. The molecule has 0 fully saturated rings. The predicted molar refractivity (Wildman–Crippen MR) is 48.8 cm³/mol. The molecule has 0 saturated heterocycles. The number of carbonyl (C=O) groups is 1. The molecule has 0 amide bonds. The summed E-state index contributed by atoms with van der Waals surface area (Å²) in [5.74, 6) is -1.53. The highest BCUT2D eigenvalue weighted by molar-refractivity contribution is 5.89. The number of halogens is 2. The summed E-state index contributed by atoms with van der Waals surface area (Å²) in [7, 11) is 0. The van der Waals surface area contributed by atoms with Crippen LogP contribution in [0.4, 0.5) is 8.78 Å². The first-order chi connectivity index (χ1) is 7.51. The van der Waals surface area contributed by atoms with Gasteiger partial charge in [0.2, 0.25) is 0 Å². The Labute approximate surface area is 89.1 Å². The second-order valence-electron chi connectivity index (χ2n) is 2.85. The molecule has 1 aromatic rings. The number of nitrogens with two attached hydrogens (primary N) is 1. The molecule has 16 heavy (non-hydrogen) atoms. The Bertz CT molecular complexity index is 469. The second-order valence-corrected chi connectivity index (χ2v) is 2.85. The van der Waals surface area contributed by atoms with Gasteiger partial charge in [-0.2, -0.15) is 5.26 Å². The zero-order valence-electron chi connectivity index (χ0n) is 7.94. The van der Waals surface area contributed by atoms with Gasteiger partial charge in [-0.25, -0.2) is 18.6 Å². The van der Waals surface area contributed by atoms with Crippen LogP contribution in [0.2, 0.25) is 0 Å². The van der Waals surface area contributed by atoms with Gasteiger partial charge in [-0.1, -0.05) is 0 Å². The number of carboxylic acids is 1. The maximum Gasteiger partial charge on any atom is 0.337 e. The molecule has 0 spiro atoms. The average Bonchev–Trinajstić information content (AvgIpc) is 2.26.